The van der Waals surface area contributed by atoms with Crippen molar-refractivity contribution < 1.29 is 14.7 Å². The fourth-order valence-electron chi connectivity index (χ4n) is 3.45. The first-order valence-electron chi connectivity index (χ1n) is 7.99. The number of amides is 2. The van der Waals surface area contributed by atoms with Crippen molar-refractivity contribution in [2.45, 2.75) is 56.0 Å². The van der Waals surface area contributed by atoms with Crippen molar-refractivity contribution in [3.63, 3.8) is 0 Å². The number of urea groups is 1. The molecule has 0 bridgehead atoms. The van der Waals surface area contributed by atoms with Crippen molar-refractivity contribution in [1.29, 1.82) is 0 Å². The molecule has 0 saturated heterocycles. The van der Waals surface area contributed by atoms with Crippen molar-refractivity contribution in [2.24, 2.45) is 0 Å². The fourth-order valence-corrected chi connectivity index (χ4v) is 3.45. The Morgan fingerprint density at radius 2 is 1.77 bits per heavy atom. The van der Waals surface area contributed by atoms with Gasteiger partial charge in [0.25, 0.3) is 0 Å². The minimum atomic E-state index is -1.15. The first-order chi connectivity index (χ1) is 10.6. The van der Waals surface area contributed by atoms with E-state index in [4.69, 9.17) is 0 Å². The van der Waals surface area contributed by atoms with Crippen LogP contribution in [0.25, 0.3) is 0 Å². The van der Waals surface area contributed by atoms with Gasteiger partial charge in [0.1, 0.15) is 5.54 Å². The van der Waals surface area contributed by atoms with Crippen LogP contribution in [-0.4, -0.2) is 28.7 Å². The molecule has 2 fully saturated rings. The largest absolute Gasteiger partial charge is 0.479 e. The molecule has 0 aromatic heterocycles. The number of rotatable bonds is 4. The summed E-state index contributed by atoms with van der Waals surface area (Å²) in [5.41, 5.74) is -0.192. The molecule has 0 aliphatic heterocycles. The third-order valence-corrected chi connectivity index (χ3v) is 4.82. The zero-order valence-corrected chi connectivity index (χ0v) is 12.5. The van der Waals surface area contributed by atoms with Gasteiger partial charge in [-0.2, -0.15) is 0 Å². The number of aliphatic carboxylic acids is 1. The number of hydrogen-bond donors (Lipinski definition) is 3. The lowest BCUT2D eigenvalue weighted by Gasteiger charge is -2.24. The molecule has 5 heteroatoms. The summed E-state index contributed by atoms with van der Waals surface area (Å²) in [4.78, 5) is 23.8. The highest BCUT2D eigenvalue weighted by Gasteiger charge is 2.62. The predicted molar refractivity (Wildman–Crippen MR) is 82.7 cm³/mol. The van der Waals surface area contributed by atoms with Crippen molar-refractivity contribution >= 4 is 12.0 Å². The summed E-state index contributed by atoms with van der Waals surface area (Å²) >= 11 is 0. The lowest BCUT2D eigenvalue weighted by molar-refractivity contribution is -0.140. The average Bonchev–Trinajstić information content (AvgIpc) is 3.25. The average molecular weight is 302 g/mol. The quantitative estimate of drug-likeness (QED) is 0.800. The summed E-state index contributed by atoms with van der Waals surface area (Å²) in [6, 6.07) is 9.33. The highest BCUT2D eigenvalue weighted by atomic mass is 16.4. The molecule has 2 aliphatic rings. The summed E-state index contributed by atoms with van der Waals surface area (Å²) in [6.07, 6.45) is 5.88. The maximum absolute atomic E-state index is 12.2. The maximum atomic E-state index is 12.2. The number of benzene rings is 1. The number of hydrogen-bond acceptors (Lipinski definition) is 2. The molecule has 2 aliphatic carbocycles. The summed E-state index contributed by atoms with van der Waals surface area (Å²) in [5.74, 6) is -1.11. The number of carboxylic acid groups (broad SMARTS) is 1. The second-order valence-corrected chi connectivity index (χ2v) is 6.38. The van der Waals surface area contributed by atoms with Gasteiger partial charge in [-0.25, -0.2) is 9.59 Å². The molecule has 1 aromatic carbocycles. The van der Waals surface area contributed by atoms with Crippen LogP contribution in [0.1, 0.15) is 50.0 Å². The zero-order valence-electron chi connectivity index (χ0n) is 12.5. The molecular weight excluding hydrogens is 280 g/mol. The topological polar surface area (TPSA) is 78.4 Å². The molecule has 0 radical (unpaired) electrons. The number of carbonyl (C=O) groups excluding carboxylic acids is 1. The van der Waals surface area contributed by atoms with Gasteiger partial charge < -0.3 is 15.7 Å². The van der Waals surface area contributed by atoms with Crippen LogP contribution in [0.5, 0.6) is 0 Å². The van der Waals surface area contributed by atoms with Gasteiger partial charge in [0, 0.05) is 12.0 Å². The lowest BCUT2D eigenvalue weighted by atomic mass is 9.96. The van der Waals surface area contributed by atoms with Gasteiger partial charge in [0.2, 0.25) is 0 Å². The zero-order chi connectivity index (χ0) is 15.6. The van der Waals surface area contributed by atoms with Crippen LogP contribution >= 0.6 is 0 Å². The molecule has 2 atom stereocenters. The summed E-state index contributed by atoms with van der Waals surface area (Å²) in [6.45, 7) is 0. The Hall–Kier alpha value is -2.04. The normalized spacial score (nSPS) is 27.9. The standard InChI is InChI=1S/C17H22N2O3/c20-15(21)17(11-14(17)12-7-3-1-4-8-12)19-16(22)18-13-9-5-2-6-10-13/h1,3-4,7-8,13-14H,2,5-6,9-11H2,(H,20,21)(H2,18,19,22). The molecular formula is C17H22N2O3. The van der Waals surface area contributed by atoms with Crippen LogP contribution in [0.2, 0.25) is 0 Å². The fraction of sp³-hybridized carbons (Fsp3) is 0.529. The van der Waals surface area contributed by atoms with Crippen molar-refractivity contribution in [3.8, 4) is 0 Å². The Kier molecular flexibility index (Phi) is 4.05. The molecule has 22 heavy (non-hydrogen) atoms. The van der Waals surface area contributed by atoms with Crippen LogP contribution in [0.4, 0.5) is 4.79 Å². The van der Waals surface area contributed by atoms with E-state index in [0.717, 1.165) is 31.2 Å². The molecule has 0 heterocycles. The van der Waals surface area contributed by atoms with Gasteiger partial charge in [-0.3, -0.25) is 0 Å². The summed E-state index contributed by atoms with van der Waals surface area (Å²) in [5, 5.41) is 15.2. The number of nitrogens with one attached hydrogen (secondary N) is 2. The minimum Gasteiger partial charge on any atom is -0.479 e. The lowest BCUT2D eigenvalue weighted by Crippen LogP contribution is -2.51. The number of carbonyl (C=O) groups is 2. The molecule has 5 nitrogen and oxygen atoms in total. The van der Waals surface area contributed by atoms with Crippen LogP contribution in [0, 0.1) is 0 Å². The highest BCUT2D eigenvalue weighted by molar-refractivity contribution is 5.91. The molecule has 118 valence electrons. The molecule has 2 amide bonds. The third-order valence-electron chi connectivity index (χ3n) is 4.82. The van der Waals surface area contributed by atoms with Crippen LogP contribution in [0.3, 0.4) is 0 Å². The molecule has 0 spiro atoms. The third kappa shape index (κ3) is 2.93. The monoisotopic (exact) mass is 302 g/mol. The van der Waals surface area contributed by atoms with Crippen molar-refractivity contribution in [2.75, 3.05) is 0 Å². The van der Waals surface area contributed by atoms with E-state index in [1.54, 1.807) is 0 Å². The second kappa shape index (κ2) is 5.99. The minimum absolute atomic E-state index is 0.150. The summed E-state index contributed by atoms with van der Waals surface area (Å²) < 4.78 is 0. The van der Waals surface area contributed by atoms with E-state index < -0.39 is 11.5 Å². The SMILES string of the molecule is O=C(NC1CCCCC1)NC1(C(=O)O)CC1c1ccccc1. The Balaban J connectivity index is 1.63. The van der Waals surface area contributed by atoms with E-state index in [0.29, 0.717) is 6.42 Å². The van der Waals surface area contributed by atoms with Crippen molar-refractivity contribution in [3.05, 3.63) is 35.9 Å². The van der Waals surface area contributed by atoms with E-state index in [-0.39, 0.29) is 18.0 Å². The summed E-state index contributed by atoms with van der Waals surface area (Å²) in [7, 11) is 0. The van der Waals surface area contributed by atoms with Gasteiger partial charge in [-0.05, 0) is 24.8 Å². The van der Waals surface area contributed by atoms with Crippen LogP contribution in [-0.2, 0) is 4.79 Å². The maximum Gasteiger partial charge on any atom is 0.330 e. The Morgan fingerprint density at radius 3 is 2.41 bits per heavy atom. The van der Waals surface area contributed by atoms with E-state index in [2.05, 4.69) is 10.6 Å². The van der Waals surface area contributed by atoms with E-state index >= 15 is 0 Å². The van der Waals surface area contributed by atoms with Gasteiger partial charge in [0.15, 0.2) is 0 Å². The molecule has 2 unspecified atom stereocenters. The molecule has 1 aromatic rings. The Bertz CT molecular complexity index is 554. The Labute approximate surface area is 130 Å². The van der Waals surface area contributed by atoms with Gasteiger partial charge in [-0.15, -0.1) is 0 Å². The molecule has 3 N–H and O–H groups in total. The second-order valence-electron chi connectivity index (χ2n) is 6.38. The van der Waals surface area contributed by atoms with E-state index in [1.165, 1.54) is 6.42 Å². The van der Waals surface area contributed by atoms with E-state index in [1.807, 2.05) is 30.3 Å². The van der Waals surface area contributed by atoms with Crippen LogP contribution < -0.4 is 10.6 Å². The van der Waals surface area contributed by atoms with Gasteiger partial charge >= 0.3 is 12.0 Å². The highest BCUT2D eigenvalue weighted by Crippen LogP contribution is 2.51. The first-order valence-corrected chi connectivity index (χ1v) is 7.99. The first kappa shape index (κ1) is 14.9. The van der Waals surface area contributed by atoms with Crippen molar-refractivity contribution in [1.82, 2.24) is 10.6 Å². The predicted octanol–water partition coefficient (Wildman–Crippen LogP) is 2.63. The molecule has 3 rings (SSSR count). The smallest absolute Gasteiger partial charge is 0.330 e. The molecule has 2 saturated carbocycles. The van der Waals surface area contributed by atoms with E-state index in [9.17, 15) is 14.7 Å². The van der Waals surface area contributed by atoms with Gasteiger partial charge in [0.05, 0.1) is 0 Å². The van der Waals surface area contributed by atoms with Gasteiger partial charge in [-0.1, -0.05) is 49.6 Å². The Morgan fingerprint density at radius 1 is 1.09 bits per heavy atom. The van der Waals surface area contributed by atoms with Crippen LogP contribution in [0.15, 0.2) is 30.3 Å². The number of carboxylic acids is 1.